The molecule has 0 atom stereocenters. The van der Waals surface area contributed by atoms with E-state index in [4.69, 9.17) is 10.2 Å². The molecule has 0 aromatic heterocycles. The molecular formula is C8H16F3NO2. The minimum absolute atomic E-state index is 0.118. The Bertz CT molecular complexity index is 133. The molecule has 6 heteroatoms. The van der Waals surface area contributed by atoms with Crippen molar-refractivity contribution in [2.24, 2.45) is 0 Å². The summed E-state index contributed by atoms with van der Waals surface area (Å²) in [7, 11) is 0. The second-order valence-corrected chi connectivity index (χ2v) is 3.05. The Morgan fingerprint density at radius 1 is 0.929 bits per heavy atom. The van der Waals surface area contributed by atoms with Crippen LogP contribution in [0.4, 0.5) is 13.2 Å². The van der Waals surface area contributed by atoms with Crippen LogP contribution in [0.1, 0.15) is 12.8 Å². The smallest absolute Gasteiger partial charge is 0.396 e. The van der Waals surface area contributed by atoms with Gasteiger partial charge >= 0.3 is 6.18 Å². The Morgan fingerprint density at radius 3 is 1.64 bits per heavy atom. The van der Waals surface area contributed by atoms with Crippen LogP contribution >= 0.6 is 0 Å². The number of hydrogen-bond donors (Lipinski definition) is 2. The van der Waals surface area contributed by atoms with Gasteiger partial charge in [-0.05, 0) is 12.8 Å². The van der Waals surface area contributed by atoms with Gasteiger partial charge in [0.05, 0.1) is 6.54 Å². The maximum Gasteiger partial charge on any atom is 0.401 e. The Kier molecular flexibility index (Phi) is 6.86. The fourth-order valence-corrected chi connectivity index (χ4v) is 1.11. The zero-order chi connectivity index (χ0) is 11.0. The SMILES string of the molecule is OCCCN(CCCO)CC(F)(F)F. The first kappa shape index (κ1) is 13.7. The highest BCUT2D eigenvalue weighted by atomic mass is 19.4. The van der Waals surface area contributed by atoms with Gasteiger partial charge in [-0.15, -0.1) is 0 Å². The maximum atomic E-state index is 12.0. The van der Waals surface area contributed by atoms with Crippen LogP contribution in [-0.2, 0) is 0 Å². The topological polar surface area (TPSA) is 43.7 Å². The van der Waals surface area contributed by atoms with Crippen molar-refractivity contribution < 1.29 is 23.4 Å². The largest absolute Gasteiger partial charge is 0.401 e. The molecule has 0 amide bonds. The molecule has 0 aliphatic heterocycles. The third-order valence-electron chi connectivity index (χ3n) is 1.67. The molecule has 0 heterocycles. The van der Waals surface area contributed by atoms with E-state index in [2.05, 4.69) is 0 Å². The molecule has 0 saturated heterocycles. The van der Waals surface area contributed by atoms with E-state index in [-0.39, 0.29) is 26.3 Å². The Balaban J connectivity index is 3.84. The van der Waals surface area contributed by atoms with E-state index < -0.39 is 12.7 Å². The normalized spacial score (nSPS) is 12.4. The van der Waals surface area contributed by atoms with E-state index in [0.29, 0.717) is 12.8 Å². The van der Waals surface area contributed by atoms with Crippen LogP contribution in [0.5, 0.6) is 0 Å². The molecule has 0 bridgehead atoms. The molecule has 0 aromatic carbocycles. The summed E-state index contributed by atoms with van der Waals surface area (Å²) in [5, 5.41) is 17.0. The van der Waals surface area contributed by atoms with Crippen LogP contribution in [0.25, 0.3) is 0 Å². The predicted molar refractivity (Wildman–Crippen MR) is 45.9 cm³/mol. The average molecular weight is 215 g/mol. The highest BCUT2D eigenvalue weighted by molar-refractivity contribution is 4.63. The van der Waals surface area contributed by atoms with Crippen molar-refractivity contribution in [3.8, 4) is 0 Å². The molecule has 0 aliphatic carbocycles. The third-order valence-corrected chi connectivity index (χ3v) is 1.67. The van der Waals surface area contributed by atoms with Gasteiger partial charge in [-0.2, -0.15) is 13.2 Å². The van der Waals surface area contributed by atoms with Crippen molar-refractivity contribution in [2.45, 2.75) is 19.0 Å². The van der Waals surface area contributed by atoms with E-state index >= 15 is 0 Å². The quantitative estimate of drug-likeness (QED) is 0.654. The summed E-state index contributed by atoms with van der Waals surface area (Å²) in [6, 6.07) is 0. The summed E-state index contributed by atoms with van der Waals surface area (Å²) in [5.41, 5.74) is 0. The van der Waals surface area contributed by atoms with Crippen LogP contribution in [0.15, 0.2) is 0 Å². The zero-order valence-electron chi connectivity index (χ0n) is 7.93. The summed E-state index contributed by atoms with van der Waals surface area (Å²) in [5.74, 6) is 0. The molecule has 0 aliphatic rings. The van der Waals surface area contributed by atoms with Crippen molar-refractivity contribution in [1.29, 1.82) is 0 Å². The lowest BCUT2D eigenvalue weighted by atomic mass is 10.3. The van der Waals surface area contributed by atoms with Crippen molar-refractivity contribution in [3.05, 3.63) is 0 Å². The van der Waals surface area contributed by atoms with Gasteiger partial charge in [0, 0.05) is 26.3 Å². The number of nitrogens with zero attached hydrogens (tertiary/aromatic N) is 1. The van der Waals surface area contributed by atoms with Crippen LogP contribution in [0.3, 0.4) is 0 Å². The first-order valence-corrected chi connectivity index (χ1v) is 4.50. The molecular weight excluding hydrogens is 199 g/mol. The van der Waals surface area contributed by atoms with Gasteiger partial charge in [0.15, 0.2) is 0 Å². The molecule has 0 radical (unpaired) electrons. The van der Waals surface area contributed by atoms with E-state index in [1.807, 2.05) is 0 Å². The van der Waals surface area contributed by atoms with Crippen molar-refractivity contribution in [2.75, 3.05) is 32.8 Å². The first-order chi connectivity index (χ1) is 6.49. The summed E-state index contributed by atoms with van der Waals surface area (Å²) in [6.45, 7) is -0.806. The minimum atomic E-state index is -4.22. The zero-order valence-corrected chi connectivity index (χ0v) is 7.93. The van der Waals surface area contributed by atoms with E-state index in [1.165, 1.54) is 4.90 Å². The molecule has 2 N–H and O–H groups in total. The molecule has 0 aromatic rings. The molecule has 0 spiro atoms. The Labute approximate surface area is 81.1 Å². The highest BCUT2D eigenvalue weighted by Gasteiger charge is 2.30. The van der Waals surface area contributed by atoms with Gasteiger partial charge in [0.2, 0.25) is 0 Å². The van der Waals surface area contributed by atoms with E-state index in [1.54, 1.807) is 0 Å². The van der Waals surface area contributed by atoms with Gasteiger partial charge in [-0.1, -0.05) is 0 Å². The first-order valence-electron chi connectivity index (χ1n) is 4.50. The van der Waals surface area contributed by atoms with Crippen LogP contribution in [-0.4, -0.2) is 54.1 Å². The van der Waals surface area contributed by atoms with Crippen LogP contribution in [0.2, 0.25) is 0 Å². The van der Waals surface area contributed by atoms with E-state index in [0.717, 1.165) is 0 Å². The summed E-state index contributed by atoms with van der Waals surface area (Å²) >= 11 is 0. The van der Waals surface area contributed by atoms with E-state index in [9.17, 15) is 13.2 Å². The van der Waals surface area contributed by atoms with Crippen molar-refractivity contribution in [1.82, 2.24) is 4.90 Å². The summed E-state index contributed by atoms with van der Waals surface area (Å²) in [6.07, 6.45) is -3.58. The summed E-state index contributed by atoms with van der Waals surface area (Å²) in [4.78, 5) is 1.19. The minimum Gasteiger partial charge on any atom is -0.396 e. The molecule has 86 valence electrons. The Morgan fingerprint density at radius 2 is 1.36 bits per heavy atom. The molecule has 0 rings (SSSR count). The van der Waals surface area contributed by atoms with Gasteiger partial charge in [-0.3, -0.25) is 4.90 Å². The van der Waals surface area contributed by atoms with Gasteiger partial charge < -0.3 is 10.2 Å². The lowest BCUT2D eigenvalue weighted by Crippen LogP contribution is -2.36. The predicted octanol–water partition coefficient (Wildman–Crippen LogP) is 0.616. The number of aliphatic hydroxyl groups is 2. The van der Waals surface area contributed by atoms with Crippen LogP contribution < -0.4 is 0 Å². The number of rotatable bonds is 7. The second-order valence-electron chi connectivity index (χ2n) is 3.05. The fraction of sp³-hybridized carbons (Fsp3) is 1.00. The second kappa shape index (κ2) is 7.03. The standard InChI is InChI=1S/C8H16F3NO2/c9-8(10,11)7-12(3-1-5-13)4-2-6-14/h13-14H,1-7H2. The maximum absolute atomic E-state index is 12.0. The van der Waals surface area contributed by atoms with Crippen LogP contribution in [0, 0.1) is 0 Å². The van der Waals surface area contributed by atoms with Gasteiger partial charge in [0.25, 0.3) is 0 Å². The highest BCUT2D eigenvalue weighted by Crippen LogP contribution is 2.16. The monoisotopic (exact) mass is 215 g/mol. The van der Waals surface area contributed by atoms with Gasteiger partial charge in [-0.25, -0.2) is 0 Å². The number of alkyl halides is 3. The Hall–Kier alpha value is -0.330. The third kappa shape index (κ3) is 8.28. The molecule has 3 nitrogen and oxygen atoms in total. The number of halogens is 3. The number of aliphatic hydroxyl groups excluding tert-OH is 2. The van der Waals surface area contributed by atoms with Crippen molar-refractivity contribution >= 4 is 0 Å². The van der Waals surface area contributed by atoms with Gasteiger partial charge in [0.1, 0.15) is 0 Å². The molecule has 14 heavy (non-hydrogen) atoms. The molecule has 0 fully saturated rings. The average Bonchev–Trinajstić information content (AvgIpc) is 2.07. The lowest BCUT2D eigenvalue weighted by Gasteiger charge is -2.22. The van der Waals surface area contributed by atoms with Crippen molar-refractivity contribution in [3.63, 3.8) is 0 Å². The fourth-order valence-electron chi connectivity index (χ4n) is 1.11. The summed E-state index contributed by atoms with van der Waals surface area (Å²) < 4.78 is 36.0. The number of hydrogen-bond acceptors (Lipinski definition) is 3. The molecule has 0 saturated carbocycles. The molecule has 0 unspecified atom stereocenters. The lowest BCUT2D eigenvalue weighted by molar-refractivity contribution is -0.146.